The zero-order valence-corrected chi connectivity index (χ0v) is 7.38. The van der Waals surface area contributed by atoms with Crippen molar-refractivity contribution in [1.29, 1.82) is 5.26 Å². The summed E-state index contributed by atoms with van der Waals surface area (Å²) in [5.41, 5.74) is 0. The Morgan fingerprint density at radius 1 is 1.55 bits per heavy atom. The molecule has 0 aromatic rings. The van der Waals surface area contributed by atoms with Gasteiger partial charge in [-0.3, -0.25) is 4.90 Å². The SMILES string of the molecule is CCN1C[C@H](C#N)CC[C@@H]1C. The molecule has 1 rings (SSSR count). The minimum Gasteiger partial charge on any atom is -0.300 e. The predicted molar refractivity (Wildman–Crippen MR) is 45.0 cm³/mol. The van der Waals surface area contributed by atoms with E-state index in [1.165, 1.54) is 6.42 Å². The molecule has 0 N–H and O–H groups in total. The van der Waals surface area contributed by atoms with E-state index in [0.717, 1.165) is 19.5 Å². The topological polar surface area (TPSA) is 27.0 Å². The lowest BCUT2D eigenvalue weighted by molar-refractivity contribution is 0.145. The summed E-state index contributed by atoms with van der Waals surface area (Å²) in [5.74, 6) is 0.283. The van der Waals surface area contributed by atoms with Crippen molar-refractivity contribution in [3.05, 3.63) is 0 Å². The van der Waals surface area contributed by atoms with Gasteiger partial charge in [-0.25, -0.2) is 0 Å². The number of rotatable bonds is 1. The molecular formula is C9H16N2. The van der Waals surface area contributed by atoms with E-state index in [0.29, 0.717) is 6.04 Å². The molecule has 2 heteroatoms. The minimum atomic E-state index is 0.283. The van der Waals surface area contributed by atoms with Crippen molar-refractivity contribution >= 4 is 0 Å². The van der Waals surface area contributed by atoms with Gasteiger partial charge in [-0.1, -0.05) is 6.92 Å². The van der Waals surface area contributed by atoms with E-state index < -0.39 is 0 Å². The molecule has 2 atom stereocenters. The molecule has 1 fully saturated rings. The van der Waals surface area contributed by atoms with Crippen molar-refractivity contribution in [2.45, 2.75) is 32.7 Å². The van der Waals surface area contributed by atoms with Crippen molar-refractivity contribution in [3.63, 3.8) is 0 Å². The highest BCUT2D eigenvalue weighted by atomic mass is 15.2. The van der Waals surface area contributed by atoms with Crippen LogP contribution in [0.5, 0.6) is 0 Å². The van der Waals surface area contributed by atoms with Gasteiger partial charge in [0.1, 0.15) is 0 Å². The Bertz CT molecular complexity index is 159. The van der Waals surface area contributed by atoms with Gasteiger partial charge in [0.2, 0.25) is 0 Å². The van der Waals surface area contributed by atoms with Crippen LogP contribution in [0.15, 0.2) is 0 Å². The summed E-state index contributed by atoms with van der Waals surface area (Å²) in [6, 6.07) is 3.03. The molecule has 11 heavy (non-hydrogen) atoms. The summed E-state index contributed by atoms with van der Waals surface area (Å²) >= 11 is 0. The van der Waals surface area contributed by atoms with Crippen molar-refractivity contribution in [3.8, 4) is 6.07 Å². The number of hydrogen-bond acceptors (Lipinski definition) is 2. The summed E-state index contributed by atoms with van der Waals surface area (Å²) < 4.78 is 0. The third-order valence-corrected chi connectivity index (χ3v) is 2.60. The number of hydrogen-bond donors (Lipinski definition) is 0. The Kier molecular flexibility index (Phi) is 2.90. The van der Waals surface area contributed by atoms with Crippen LogP contribution in [0.1, 0.15) is 26.7 Å². The smallest absolute Gasteiger partial charge is 0.0669 e. The quantitative estimate of drug-likeness (QED) is 0.571. The maximum atomic E-state index is 8.71. The van der Waals surface area contributed by atoms with Gasteiger partial charge >= 0.3 is 0 Å². The van der Waals surface area contributed by atoms with E-state index in [1.54, 1.807) is 0 Å². The summed E-state index contributed by atoms with van der Waals surface area (Å²) in [6.45, 7) is 6.47. The van der Waals surface area contributed by atoms with Crippen molar-refractivity contribution in [1.82, 2.24) is 4.90 Å². The van der Waals surface area contributed by atoms with Crippen LogP contribution in [0.25, 0.3) is 0 Å². The van der Waals surface area contributed by atoms with Crippen LogP contribution >= 0.6 is 0 Å². The first-order chi connectivity index (χ1) is 5.27. The van der Waals surface area contributed by atoms with Gasteiger partial charge in [0.15, 0.2) is 0 Å². The Morgan fingerprint density at radius 3 is 2.82 bits per heavy atom. The summed E-state index contributed by atoms with van der Waals surface area (Å²) in [5, 5.41) is 8.71. The van der Waals surface area contributed by atoms with Gasteiger partial charge in [-0.05, 0) is 26.3 Å². The summed E-state index contributed by atoms with van der Waals surface area (Å²) in [7, 11) is 0. The van der Waals surface area contributed by atoms with Crippen LogP contribution in [0.4, 0.5) is 0 Å². The van der Waals surface area contributed by atoms with Crippen LogP contribution in [-0.2, 0) is 0 Å². The molecule has 0 aliphatic carbocycles. The first kappa shape index (κ1) is 8.55. The molecule has 2 nitrogen and oxygen atoms in total. The number of likely N-dealkylation sites (tertiary alicyclic amines) is 1. The number of nitriles is 1. The molecule has 0 spiro atoms. The second kappa shape index (κ2) is 3.73. The Balaban J connectivity index is 2.45. The molecule has 0 radical (unpaired) electrons. The lowest BCUT2D eigenvalue weighted by Crippen LogP contribution is -2.41. The lowest BCUT2D eigenvalue weighted by Gasteiger charge is -2.34. The van der Waals surface area contributed by atoms with E-state index in [2.05, 4.69) is 24.8 Å². The molecule has 0 amide bonds. The van der Waals surface area contributed by atoms with Crippen LogP contribution in [0.3, 0.4) is 0 Å². The molecular weight excluding hydrogens is 136 g/mol. The van der Waals surface area contributed by atoms with E-state index in [4.69, 9.17) is 5.26 Å². The molecule has 0 saturated carbocycles. The van der Waals surface area contributed by atoms with Gasteiger partial charge in [0.05, 0.1) is 12.0 Å². The zero-order chi connectivity index (χ0) is 8.27. The van der Waals surface area contributed by atoms with Crippen molar-refractivity contribution in [2.75, 3.05) is 13.1 Å². The molecule has 1 saturated heterocycles. The first-order valence-corrected chi connectivity index (χ1v) is 4.41. The highest BCUT2D eigenvalue weighted by Gasteiger charge is 2.23. The van der Waals surface area contributed by atoms with E-state index in [-0.39, 0.29) is 5.92 Å². The zero-order valence-electron chi connectivity index (χ0n) is 7.38. The number of piperidine rings is 1. The third-order valence-electron chi connectivity index (χ3n) is 2.60. The Labute approximate surface area is 68.8 Å². The first-order valence-electron chi connectivity index (χ1n) is 4.41. The number of nitrogens with zero attached hydrogens (tertiary/aromatic N) is 2. The van der Waals surface area contributed by atoms with Crippen molar-refractivity contribution < 1.29 is 0 Å². The standard InChI is InChI=1S/C9H16N2/c1-3-11-7-9(6-10)5-4-8(11)2/h8-9H,3-5,7H2,1-2H3/t8-,9-/m0/s1. The van der Waals surface area contributed by atoms with Gasteiger partial charge in [0.25, 0.3) is 0 Å². The Morgan fingerprint density at radius 2 is 2.27 bits per heavy atom. The molecule has 0 bridgehead atoms. The molecule has 0 unspecified atom stereocenters. The second-order valence-corrected chi connectivity index (χ2v) is 3.34. The third kappa shape index (κ3) is 1.94. The molecule has 0 aromatic heterocycles. The average Bonchev–Trinajstić information content (AvgIpc) is 2.05. The largest absolute Gasteiger partial charge is 0.300 e. The fourth-order valence-electron chi connectivity index (χ4n) is 1.73. The molecule has 1 aliphatic heterocycles. The predicted octanol–water partition coefficient (Wildman–Crippen LogP) is 1.63. The van der Waals surface area contributed by atoms with Crippen LogP contribution < -0.4 is 0 Å². The molecule has 1 aliphatic rings. The average molecular weight is 152 g/mol. The minimum absolute atomic E-state index is 0.283. The second-order valence-electron chi connectivity index (χ2n) is 3.34. The highest BCUT2D eigenvalue weighted by Crippen LogP contribution is 2.20. The van der Waals surface area contributed by atoms with Gasteiger partial charge < -0.3 is 0 Å². The fraction of sp³-hybridized carbons (Fsp3) is 0.889. The molecule has 1 heterocycles. The van der Waals surface area contributed by atoms with Crippen LogP contribution in [0, 0.1) is 17.2 Å². The summed E-state index contributed by atoms with van der Waals surface area (Å²) in [4.78, 5) is 2.39. The molecule has 0 aromatic carbocycles. The van der Waals surface area contributed by atoms with Gasteiger partial charge in [0, 0.05) is 12.6 Å². The highest BCUT2D eigenvalue weighted by molar-refractivity contribution is 4.90. The van der Waals surface area contributed by atoms with Crippen LogP contribution in [0.2, 0.25) is 0 Å². The van der Waals surface area contributed by atoms with E-state index >= 15 is 0 Å². The van der Waals surface area contributed by atoms with Gasteiger partial charge in [-0.15, -0.1) is 0 Å². The van der Waals surface area contributed by atoms with E-state index in [1.807, 2.05) is 0 Å². The monoisotopic (exact) mass is 152 g/mol. The van der Waals surface area contributed by atoms with Crippen molar-refractivity contribution in [2.24, 2.45) is 5.92 Å². The maximum Gasteiger partial charge on any atom is 0.0669 e. The maximum absolute atomic E-state index is 8.71. The van der Waals surface area contributed by atoms with Gasteiger partial charge in [-0.2, -0.15) is 5.26 Å². The lowest BCUT2D eigenvalue weighted by atomic mass is 9.95. The van der Waals surface area contributed by atoms with Crippen LogP contribution in [-0.4, -0.2) is 24.0 Å². The normalized spacial score (nSPS) is 33.2. The fourth-order valence-corrected chi connectivity index (χ4v) is 1.73. The van der Waals surface area contributed by atoms with E-state index in [9.17, 15) is 0 Å². The Hall–Kier alpha value is -0.550. The molecule has 62 valence electrons. The summed E-state index contributed by atoms with van der Waals surface area (Å²) in [6.07, 6.45) is 2.28.